The molecule has 4 aromatic rings. The number of rotatable bonds is 5. The van der Waals surface area contributed by atoms with E-state index in [4.69, 9.17) is 22.1 Å². The largest absolute Gasteiger partial charge is 0.501 e. The number of carboxylic acids is 1. The number of nitrogens with two attached hydrogens (primary N) is 1. The second kappa shape index (κ2) is 11.0. The lowest BCUT2D eigenvalue weighted by Gasteiger charge is -2.26. The average Bonchev–Trinajstić information content (AvgIpc) is 3.21. The first-order valence-corrected chi connectivity index (χ1v) is 11.6. The van der Waals surface area contributed by atoms with E-state index in [2.05, 4.69) is 9.88 Å². The normalized spacial score (nSPS) is 14.1. The SMILES string of the molecule is NCc1ccc(F)c(Cl)c1.O=C(O)c1nc2n(CCN3CCOCC3)c3ccccc3n2c(=O)c1O. The molecule has 1 aliphatic rings. The minimum Gasteiger partial charge on any atom is -0.501 e. The molecule has 0 saturated carbocycles. The molecule has 2 aromatic heterocycles. The highest BCUT2D eigenvalue weighted by Gasteiger charge is 2.22. The van der Waals surface area contributed by atoms with Gasteiger partial charge in [0.2, 0.25) is 11.5 Å². The Morgan fingerprint density at radius 3 is 2.47 bits per heavy atom. The molecule has 0 unspecified atom stereocenters. The summed E-state index contributed by atoms with van der Waals surface area (Å²) < 4.78 is 20.9. The lowest BCUT2D eigenvalue weighted by atomic mass is 10.2. The van der Waals surface area contributed by atoms with Crippen LogP contribution >= 0.6 is 11.6 Å². The molecular weight excluding hydrogens is 493 g/mol. The van der Waals surface area contributed by atoms with E-state index in [1.54, 1.807) is 18.2 Å². The summed E-state index contributed by atoms with van der Waals surface area (Å²) >= 11 is 5.46. The Bertz CT molecular complexity index is 1470. The van der Waals surface area contributed by atoms with E-state index in [1.165, 1.54) is 16.5 Å². The molecule has 0 bridgehead atoms. The molecule has 3 heterocycles. The van der Waals surface area contributed by atoms with Crippen molar-refractivity contribution in [1.29, 1.82) is 0 Å². The van der Waals surface area contributed by atoms with Gasteiger partial charge in [0.15, 0.2) is 5.69 Å². The van der Waals surface area contributed by atoms with Crippen molar-refractivity contribution in [1.82, 2.24) is 18.9 Å². The van der Waals surface area contributed by atoms with Gasteiger partial charge in [0, 0.05) is 32.7 Å². The fourth-order valence-corrected chi connectivity index (χ4v) is 4.19. The first-order chi connectivity index (χ1) is 17.3. The van der Waals surface area contributed by atoms with Gasteiger partial charge in [-0.25, -0.2) is 18.6 Å². The number of aromatic hydroxyl groups is 1. The molecule has 1 aliphatic heterocycles. The van der Waals surface area contributed by atoms with Gasteiger partial charge in [-0.1, -0.05) is 29.8 Å². The van der Waals surface area contributed by atoms with Crippen LogP contribution in [0.5, 0.6) is 5.75 Å². The number of fused-ring (bicyclic) bond motifs is 3. The van der Waals surface area contributed by atoms with E-state index in [0.717, 1.165) is 30.7 Å². The summed E-state index contributed by atoms with van der Waals surface area (Å²) in [4.78, 5) is 30.2. The third-order valence-electron chi connectivity index (χ3n) is 5.86. The smallest absolute Gasteiger partial charge is 0.358 e. The van der Waals surface area contributed by atoms with Crippen LogP contribution in [0.1, 0.15) is 16.1 Å². The average molecular weight is 518 g/mol. The summed E-state index contributed by atoms with van der Waals surface area (Å²) in [6, 6.07) is 11.7. The van der Waals surface area contributed by atoms with Crippen molar-refractivity contribution in [3.8, 4) is 5.75 Å². The third-order valence-corrected chi connectivity index (χ3v) is 6.15. The van der Waals surface area contributed by atoms with Crippen LogP contribution in [-0.4, -0.2) is 67.9 Å². The van der Waals surface area contributed by atoms with Crippen LogP contribution in [0.15, 0.2) is 47.3 Å². The number of carbonyl (C=O) groups is 1. The number of imidazole rings is 1. The molecule has 1 saturated heterocycles. The molecule has 0 atom stereocenters. The topological polar surface area (TPSA) is 135 Å². The predicted molar refractivity (Wildman–Crippen MR) is 132 cm³/mol. The molecule has 12 heteroatoms. The van der Waals surface area contributed by atoms with Gasteiger partial charge in [0.25, 0.3) is 0 Å². The van der Waals surface area contributed by atoms with E-state index in [-0.39, 0.29) is 10.8 Å². The van der Waals surface area contributed by atoms with E-state index >= 15 is 0 Å². The number of nitrogens with zero attached hydrogens (tertiary/aromatic N) is 4. The van der Waals surface area contributed by atoms with Crippen molar-refractivity contribution < 1.29 is 24.1 Å². The first-order valence-electron chi connectivity index (χ1n) is 11.2. The van der Waals surface area contributed by atoms with Crippen LogP contribution in [0.4, 0.5) is 4.39 Å². The molecule has 4 N–H and O–H groups in total. The lowest BCUT2D eigenvalue weighted by molar-refractivity contribution is 0.0366. The zero-order valence-electron chi connectivity index (χ0n) is 19.2. The van der Waals surface area contributed by atoms with Crippen LogP contribution in [0, 0.1) is 5.82 Å². The third kappa shape index (κ3) is 5.19. The summed E-state index contributed by atoms with van der Waals surface area (Å²) in [5, 5.41) is 19.3. The molecule has 10 nitrogen and oxygen atoms in total. The summed E-state index contributed by atoms with van der Waals surface area (Å²) in [6.07, 6.45) is 0. The van der Waals surface area contributed by atoms with Crippen molar-refractivity contribution in [2.75, 3.05) is 32.8 Å². The number of morpholine rings is 1. The van der Waals surface area contributed by atoms with Crippen molar-refractivity contribution in [2.45, 2.75) is 13.1 Å². The fourth-order valence-electron chi connectivity index (χ4n) is 3.99. The number of halogens is 2. The van der Waals surface area contributed by atoms with Gasteiger partial charge in [-0.2, -0.15) is 0 Å². The van der Waals surface area contributed by atoms with E-state index in [9.17, 15) is 24.2 Å². The molecule has 0 amide bonds. The van der Waals surface area contributed by atoms with Crippen molar-refractivity contribution in [2.24, 2.45) is 5.73 Å². The van der Waals surface area contributed by atoms with Crippen molar-refractivity contribution in [3.63, 3.8) is 0 Å². The number of aromatic nitrogens is 3. The second-order valence-electron chi connectivity index (χ2n) is 8.10. The minimum atomic E-state index is -1.44. The monoisotopic (exact) mass is 517 g/mol. The predicted octanol–water partition coefficient (Wildman–Crippen LogP) is 2.32. The van der Waals surface area contributed by atoms with Crippen molar-refractivity contribution >= 4 is 34.4 Å². The van der Waals surface area contributed by atoms with Crippen LogP contribution in [0.2, 0.25) is 5.02 Å². The first kappa shape index (κ1) is 25.6. The zero-order chi connectivity index (χ0) is 25.8. The molecule has 0 spiro atoms. The van der Waals surface area contributed by atoms with E-state index in [0.29, 0.717) is 31.8 Å². The molecule has 2 aromatic carbocycles. The highest BCUT2D eigenvalue weighted by Crippen LogP contribution is 2.21. The summed E-state index contributed by atoms with van der Waals surface area (Å²) in [7, 11) is 0. The molecular formula is C24H25ClFN5O5. The Morgan fingerprint density at radius 1 is 1.14 bits per heavy atom. The molecule has 0 radical (unpaired) electrons. The molecule has 1 fully saturated rings. The van der Waals surface area contributed by atoms with E-state index < -0.39 is 28.8 Å². The van der Waals surface area contributed by atoms with Crippen LogP contribution in [0.25, 0.3) is 16.8 Å². The van der Waals surface area contributed by atoms with Gasteiger partial charge in [0.05, 0.1) is 29.3 Å². The minimum absolute atomic E-state index is 0.128. The number of carboxylic acid groups (broad SMARTS) is 1. The lowest BCUT2D eigenvalue weighted by Crippen LogP contribution is -2.38. The van der Waals surface area contributed by atoms with Gasteiger partial charge in [0.1, 0.15) is 5.82 Å². The summed E-state index contributed by atoms with van der Waals surface area (Å²) in [5.74, 6) is -2.49. The number of ether oxygens (including phenoxy) is 1. The number of benzene rings is 2. The van der Waals surface area contributed by atoms with Crippen LogP contribution in [-0.2, 0) is 17.8 Å². The Morgan fingerprint density at radius 2 is 1.83 bits per heavy atom. The van der Waals surface area contributed by atoms with Crippen LogP contribution in [0.3, 0.4) is 0 Å². The van der Waals surface area contributed by atoms with E-state index in [1.807, 2.05) is 16.7 Å². The maximum absolute atomic E-state index is 12.6. The summed E-state index contributed by atoms with van der Waals surface area (Å²) in [6.45, 7) is 4.66. The van der Waals surface area contributed by atoms with Crippen molar-refractivity contribution in [3.05, 3.63) is 74.9 Å². The van der Waals surface area contributed by atoms with Gasteiger partial charge < -0.3 is 25.3 Å². The number of aromatic carboxylic acids is 1. The molecule has 0 aliphatic carbocycles. The maximum Gasteiger partial charge on any atom is 0.358 e. The quantitative estimate of drug-likeness (QED) is 0.367. The Kier molecular flexibility index (Phi) is 7.85. The summed E-state index contributed by atoms with van der Waals surface area (Å²) in [5.41, 5.74) is 6.04. The molecule has 36 heavy (non-hydrogen) atoms. The van der Waals surface area contributed by atoms with Gasteiger partial charge >= 0.3 is 11.5 Å². The highest BCUT2D eigenvalue weighted by atomic mass is 35.5. The Hall–Kier alpha value is -3.51. The fraction of sp³-hybridized carbons (Fsp3) is 0.292. The molecule has 5 rings (SSSR count). The second-order valence-corrected chi connectivity index (χ2v) is 8.51. The number of hydrogen-bond donors (Lipinski definition) is 3. The van der Waals surface area contributed by atoms with Gasteiger partial charge in [-0.05, 0) is 29.8 Å². The molecule has 190 valence electrons. The number of para-hydroxylation sites is 2. The Labute approximate surface area is 209 Å². The number of hydrogen-bond acceptors (Lipinski definition) is 7. The maximum atomic E-state index is 12.6. The highest BCUT2D eigenvalue weighted by molar-refractivity contribution is 6.30. The van der Waals surface area contributed by atoms with Gasteiger partial charge in [-0.3, -0.25) is 9.69 Å². The standard InChI is InChI=1S/C17H18N4O5.C7H7ClFN/c22-14-13(16(24)25)18-17-20(6-5-19-7-9-26-10-8-19)11-3-1-2-4-12(11)21(17)15(14)23;8-6-3-5(4-10)1-2-7(6)9/h1-4,22H,5-10H2,(H,24,25);1-3H,4,10H2. The van der Waals surface area contributed by atoms with Crippen LogP contribution < -0.4 is 11.3 Å². The zero-order valence-corrected chi connectivity index (χ0v) is 20.0. The van der Waals surface area contributed by atoms with Gasteiger partial charge in [-0.15, -0.1) is 0 Å². The Balaban J connectivity index is 0.000000256.